The molecule has 3 amide bonds. The monoisotopic (exact) mass is 461 g/mol. The summed E-state index contributed by atoms with van der Waals surface area (Å²) in [5, 5.41) is 11.9. The number of aromatic nitrogens is 3. The molecule has 2 aromatic heterocycles. The van der Waals surface area contributed by atoms with Crippen LogP contribution in [0.3, 0.4) is 0 Å². The first-order chi connectivity index (χ1) is 15.9. The third-order valence-electron chi connectivity index (χ3n) is 5.26. The Morgan fingerprint density at radius 1 is 1.06 bits per heavy atom. The Morgan fingerprint density at radius 3 is 2.52 bits per heavy atom. The number of nitrogens with zero attached hydrogens (tertiary/aromatic N) is 4. The standard InChI is InChI=1S/C23H16FN5O3S/c1-12-10-17(16-11-13(24)6-7-18(16)25-12)20(30)26-23-28-27-19(33-23)8-9-29-21(31)14-4-2-3-5-15(14)22(29)32/h2-7,10-11H,8-9H2,1H3,(H,26,28,30). The van der Waals surface area contributed by atoms with Gasteiger partial charge in [0, 0.05) is 24.0 Å². The highest BCUT2D eigenvalue weighted by Gasteiger charge is 2.34. The highest BCUT2D eigenvalue weighted by atomic mass is 32.1. The Morgan fingerprint density at radius 2 is 1.79 bits per heavy atom. The van der Waals surface area contributed by atoms with Crippen molar-refractivity contribution in [2.45, 2.75) is 13.3 Å². The highest BCUT2D eigenvalue weighted by molar-refractivity contribution is 7.15. The van der Waals surface area contributed by atoms with Crippen LogP contribution in [0.4, 0.5) is 9.52 Å². The molecule has 2 aromatic carbocycles. The molecule has 0 spiro atoms. The van der Waals surface area contributed by atoms with Crippen molar-refractivity contribution in [1.29, 1.82) is 0 Å². The Kier molecular flexibility index (Phi) is 5.14. The van der Waals surface area contributed by atoms with Gasteiger partial charge in [0.15, 0.2) is 0 Å². The number of hydrogen-bond acceptors (Lipinski definition) is 7. The number of nitrogens with one attached hydrogen (secondary N) is 1. The molecule has 0 radical (unpaired) electrons. The molecular weight excluding hydrogens is 445 g/mol. The fourth-order valence-electron chi connectivity index (χ4n) is 3.74. The van der Waals surface area contributed by atoms with Gasteiger partial charge in [0.25, 0.3) is 17.7 Å². The molecule has 1 aliphatic heterocycles. The van der Waals surface area contributed by atoms with E-state index in [1.807, 2.05) is 0 Å². The largest absolute Gasteiger partial charge is 0.296 e. The summed E-state index contributed by atoms with van der Waals surface area (Å²) in [5.41, 5.74) is 2.20. The van der Waals surface area contributed by atoms with E-state index in [1.165, 1.54) is 23.1 Å². The molecule has 4 aromatic rings. The van der Waals surface area contributed by atoms with Gasteiger partial charge >= 0.3 is 0 Å². The topological polar surface area (TPSA) is 105 Å². The fraction of sp³-hybridized carbons (Fsp3) is 0.130. The molecule has 0 bridgehead atoms. The van der Waals surface area contributed by atoms with Crippen LogP contribution in [-0.4, -0.2) is 44.3 Å². The third kappa shape index (κ3) is 3.85. The van der Waals surface area contributed by atoms with Crippen LogP contribution < -0.4 is 5.32 Å². The number of rotatable bonds is 5. The van der Waals surface area contributed by atoms with Crippen LogP contribution in [0.2, 0.25) is 0 Å². The highest BCUT2D eigenvalue weighted by Crippen LogP contribution is 2.25. The molecule has 1 N–H and O–H groups in total. The number of anilines is 1. The van der Waals surface area contributed by atoms with Crippen molar-refractivity contribution in [2.24, 2.45) is 0 Å². The van der Waals surface area contributed by atoms with E-state index in [2.05, 4.69) is 20.5 Å². The van der Waals surface area contributed by atoms with Gasteiger partial charge in [0.1, 0.15) is 10.8 Å². The normalized spacial score (nSPS) is 13.0. The van der Waals surface area contributed by atoms with Crippen molar-refractivity contribution in [3.05, 3.63) is 81.7 Å². The van der Waals surface area contributed by atoms with Crippen molar-refractivity contribution in [3.8, 4) is 0 Å². The Bertz CT molecular complexity index is 1420. The number of halogens is 1. The second-order valence-corrected chi connectivity index (χ2v) is 8.55. The van der Waals surface area contributed by atoms with E-state index >= 15 is 0 Å². The predicted molar refractivity (Wildman–Crippen MR) is 120 cm³/mol. The number of aryl methyl sites for hydroxylation is 1. The minimum absolute atomic E-state index is 0.155. The van der Waals surface area contributed by atoms with Gasteiger partial charge in [-0.25, -0.2) is 4.39 Å². The number of imide groups is 1. The van der Waals surface area contributed by atoms with Crippen LogP contribution in [0.5, 0.6) is 0 Å². The molecule has 10 heteroatoms. The second-order valence-electron chi connectivity index (χ2n) is 7.49. The van der Waals surface area contributed by atoms with Gasteiger partial charge in [-0.05, 0) is 43.3 Å². The number of carbonyl (C=O) groups excluding carboxylic acids is 3. The number of pyridine rings is 1. The lowest BCUT2D eigenvalue weighted by molar-refractivity contribution is 0.0655. The summed E-state index contributed by atoms with van der Waals surface area (Å²) >= 11 is 1.15. The maximum atomic E-state index is 13.7. The first-order valence-corrected chi connectivity index (χ1v) is 10.9. The summed E-state index contributed by atoms with van der Waals surface area (Å²) in [6.45, 7) is 1.91. The van der Waals surface area contributed by atoms with Gasteiger partial charge in [0.2, 0.25) is 5.13 Å². The fourth-order valence-corrected chi connectivity index (χ4v) is 4.46. The molecule has 1 aliphatic rings. The van der Waals surface area contributed by atoms with E-state index in [0.29, 0.717) is 39.2 Å². The molecule has 0 aliphatic carbocycles. The SMILES string of the molecule is Cc1cc(C(=O)Nc2nnc(CCN3C(=O)c4ccccc4C3=O)s2)c2cc(F)ccc2n1. The van der Waals surface area contributed by atoms with Crippen molar-refractivity contribution >= 4 is 45.1 Å². The summed E-state index contributed by atoms with van der Waals surface area (Å²) in [4.78, 5) is 43.3. The molecule has 8 nitrogen and oxygen atoms in total. The summed E-state index contributed by atoms with van der Waals surface area (Å²) in [7, 11) is 0. The first-order valence-electron chi connectivity index (χ1n) is 10.1. The molecule has 0 saturated heterocycles. The zero-order chi connectivity index (χ0) is 23.1. The van der Waals surface area contributed by atoms with Crippen LogP contribution in [0.25, 0.3) is 10.9 Å². The van der Waals surface area contributed by atoms with Crippen LogP contribution in [-0.2, 0) is 6.42 Å². The van der Waals surface area contributed by atoms with Gasteiger partial charge in [0.05, 0.1) is 22.2 Å². The van der Waals surface area contributed by atoms with Crippen LogP contribution in [0.1, 0.15) is 41.8 Å². The predicted octanol–water partition coefficient (Wildman–Crippen LogP) is 3.62. The van der Waals surface area contributed by atoms with Gasteiger partial charge in [-0.15, -0.1) is 10.2 Å². The molecule has 0 fully saturated rings. The lowest BCUT2D eigenvalue weighted by Crippen LogP contribution is -2.31. The summed E-state index contributed by atoms with van der Waals surface area (Å²) < 4.78 is 13.7. The van der Waals surface area contributed by atoms with Crippen molar-refractivity contribution in [2.75, 3.05) is 11.9 Å². The van der Waals surface area contributed by atoms with Gasteiger partial charge in [-0.1, -0.05) is 23.5 Å². The molecule has 3 heterocycles. The van der Waals surface area contributed by atoms with E-state index in [-0.39, 0.29) is 29.1 Å². The van der Waals surface area contributed by atoms with E-state index < -0.39 is 11.7 Å². The maximum absolute atomic E-state index is 13.7. The number of carbonyl (C=O) groups is 3. The molecule has 0 saturated carbocycles. The number of amides is 3. The van der Waals surface area contributed by atoms with E-state index in [1.54, 1.807) is 37.3 Å². The minimum atomic E-state index is -0.464. The van der Waals surface area contributed by atoms with E-state index in [4.69, 9.17) is 0 Å². The Balaban J connectivity index is 1.29. The zero-order valence-electron chi connectivity index (χ0n) is 17.3. The third-order valence-corrected chi connectivity index (χ3v) is 6.16. The minimum Gasteiger partial charge on any atom is -0.296 e. The van der Waals surface area contributed by atoms with Crippen LogP contribution in [0.15, 0.2) is 48.5 Å². The lowest BCUT2D eigenvalue weighted by atomic mass is 10.1. The second kappa shape index (κ2) is 8.14. The van der Waals surface area contributed by atoms with Gasteiger partial charge < -0.3 is 0 Å². The maximum Gasteiger partial charge on any atom is 0.261 e. The number of benzene rings is 2. The molecule has 0 unspecified atom stereocenters. The zero-order valence-corrected chi connectivity index (χ0v) is 18.1. The van der Waals surface area contributed by atoms with Gasteiger partial charge in [-0.3, -0.25) is 29.6 Å². The van der Waals surface area contributed by atoms with E-state index in [9.17, 15) is 18.8 Å². The summed E-state index contributed by atoms with van der Waals surface area (Å²) in [6.07, 6.45) is 0.307. The molecule has 5 rings (SSSR count). The molecule has 164 valence electrons. The van der Waals surface area contributed by atoms with Crippen molar-refractivity contribution in [3.63, 3.8) is 0 Å². The summed E-state index contributed by atoms with van der Waals surface area (Å²) in [5.74, 6) is -1.59. The molecule has 33 heavy (non-hydrogen) atoms. The Hall–Kier alpha value is -4.05. The smallest absolute Gasteiger partial charge is 0.261 e. The average Bonchev–Trinajstić information content (AvgIpc) is 3.34. The lowest BCUT2D eigenvalue weighted by Gasteiger charge is -2.12. The van der Waals surface area contributed by atoms with Crippen LogP contribution >= 0.6 is 11.3 Å². The van der Waals surface area contributed by atoms with Crippen molar-refractivity contribution in [1.82, 2.24) is 20.1 Å². The van der Waals surface area contributed by atoms with Crippen molar-refractivity contribution < 1.29 is 18.8 Å². The number of hydrogen-bond donors (Lipinski definition) is 1. The average molecular weight is 461 g/mol. The summed E-state index contributed by atoms with van der Waals surface area (Å²) in [6, 6.07) is 12.4. The molecular formula is C23H16FN5O3S. The quantitative estimate of drug-likeness (QED) is 0.455. The molecule has 0 atom stereocenters. The Labute approximate surface area is 191 Å². The van der Waals surface area contributed by atoms with Gasteiger partial charge in [-0.2, -0.15) is 0 Å². The number of fused-ring (bicyclic) bond motifs is 2. The first kappa shape index (κ1) is 20.8. The van der Waals surface area contributed by atoms with Crippen LogP contribution in [0, 0.1) is 12.7 Å². The van der Waals surface area contributed by atoms with E-state index in [0.717, 1.165) is 11.3 Å².